The van der Waals surface area contributed by atoms with Gasteiger partial charge in [-0.3, -0.25) is 0 Å². The highest BCUT2D eigenvalue weighted by atomic mass is 19.1. The lowest BCUT2D eigenvalue weighted by molar-refractivity contribution is 0.613. The molecular weight excluding hydrogens is 189 g/mol. The molecule has 15 heavy (non-hydrogen) atoms. The van der Waals surface area contributed by atoms with E-state index in [4.69, 9.17) is 5.73 Å². The topological polar surface area (TPSA) is 26.0 Å². The Morgan fingerprint density at radius 1 is 1.40 bits per heavy atom. The second kappa shape index (κ2) is 4.15. The minimum atomic E-state index is -0.163. The molecule has 1 aromatic carbocycles. The second-order valence-electron chi connectivity index (χ2n) is 4.22. The summed E-state index contributed by atoms with van der Waals surface area (Å²) in [5, 5.41) is 0. The maximum absolute atomic E-state index is 12.9. The Morgan fingerprint density at radius 2 is 2.20 bits per heavy atom. The minimum Gasteiger partial charge on any atom is -0.327 e. The van der Waals surface area contributed by atoms with Crippen LogP contribution in [-0.2, 0) is 0 Å². The van der Waals surface area contributed by atoms with Crippen LogP contribution in [0.25, 0.3) is 5.57 Å². The monoisotopic (exact) mass is 205 g/mol. The van der Waals surface area contributed by atoms with Crippen molar-refractivity contribution >= 4 is 5.57 Å². The van der Waals surface area contributed by atoms with Crippen LogP contribution in [0.1, 0.15) is 30.4 Å². The van der Waals surface area contributed by atoms with Crippen LogP contribution in [0, 0.1) is 12.7 Å². The van der Waals surface area contributed by atoms with Crippen molar-refractivity contribution in [2.45, 2.75) is 32.2 Å². The summed E-state index contributed by atoms with van der Waals surface area (Å²) >= 11 is 0. The van der Waals surface area contributed by atoms with E-state index in [1.165, 1.54) is 17.2 Å². The zero-order valence-corrected chi connectivity index (χ0v) is 8.96. The number of rotatable bonds is 1. The fourth-order valence-electron chi connectivity index (χ4n) is 2.09. The van der Waals surface area contributed by atoms with E-state index in [-0.39, 0.29) is 5.82 Å². The van der Waals surface area contributed by atoms with E-state index in [0.29, 0.717) is 6.04 Å². The molecule has 0 bridgehead atoms. The number of benzene rings is 1. The van der Waals surface area contributed by atoms with Gasteiger partial charge in [-0.05, 0) is 55.0 Å². The zero-order valence-electron chi connectivity index (χ0n) is 8.96. The Morgan fingerprint density at radius 3 is 2.80 bits per heavy atom. The molecule has 0 amide bonds. The highest BCUT2D eigenvalue weighted by Gasteiger charge is 2.13. The number of hydrogen-bond donors (Lipinski definition) is 1. The largest absolute Gasteiger partial charge is 0.327 e. The number of nitrogens with two attached hydrogens (primary N) is 1. The molecule has 2 rings (SSSR count). The maximum Gasteiger partial charge on any atom is 0.123 e. The summed E-state index contributed by atoms with van der Waals surface area (Å²) in [5.41, 5.74) is 9.33. The Labute approximate surface area is 89.8 Å². The Balaban J connectivity index is 2.30. The van der Waals surface area contributed by atoms with Crippen LogP contribution in [0.4, 0.5) is 4.39 Å². The summed E-state index contributed by atoms with van der Waals surface area (Å²) in [6.45, 7) is 1.95. The van der Waals surface area contributed by atoms with Gasteiger partial charge in [0.15, 0.2) is 0 Å². The van der Waals surface area contributed by atoms with E-state index in [0.717, 1.165) is 24.8 Å². The van der Waals surface area contributed by atoms with Crippen molar-refractivity contribution in [3.63, 3.8) is 0 Å². The lowest BCUT2D eigenvalue weighted by Crippen LogP contribution is -2.21. The number of hydrogen-bond acceptors (Lipinski definition) is 1. The van der Waals surface area contributed by atoms with Gasteiger partial charge in [0, 0.05) is 6.04 Å². The van der Waals surface area contributed by atoms with E-state index in [9.17, 15) is 4.39 Å². The normalized spacial score (nSPS) is 21.3. The first-order valence-corrected chi connectivity index (χ1v) is 5.38. The third-order valence-electron chi connectivity index (χ3n) is 2.99. The molecule has 1 unspecified atom stereocenters. The van der Waals surface area contributed by atoms with Crippen molar-refractivity contribution in [3.05, 3.63) is 41.2 Å². The highest BCUT2D eigenvalue weighted by Crippen LogP contribution is 2.28. The minimum absolute atomic E-state index is 0.163. The summed E-state index contributed by atoms with van der Waals surface area (Å²) in [5.74, 6) is -0.163. The van der Waals surface area contributed by atoms with E-state index < -0.39 is 0 Å². The van der Waals surface area contributed by atoms with Crippen molar-refractivity contribution < 1.29 is 4.39 Å². The highest BCUT2D eigenvalue weighted by molar-refractivity contribution is 5.68. The lowest BCUT2D eigenvalue weighted by atomic mass is 9.89. The van der Waals surface area contributed by atoms with Gasteiger partial charge in [0.25, 0.3) is 0 Å². The first kappa shape index (κ1) is 10.4. The first-order chi connectivity index (χ1) is 7.16. The van der Waals surface area contributed by atoms with Gasteiger partial charge in [-0.2, -0.15) is 0 Å². The van der Waals surface area contributed by atoms with Gasteiger partial charge in [-0.15, -0.1) is 0 Å². The van der Waals surface area contributed by atoms with Crippen molar-refractivity contribution in [1.29, 1.82) is 0 Å². The third-order valence-corrected chi connectivity index (χ3v) is 2.99. The molecule has 0 radical (unpaired) electrons. The Kier molecular flexibility index (Phi) is 2.87. The van der Waals surface area contributed by atoms with Gasteiger partial charge in [0.2, 0.25) is 0 Å². The van der Waals surface area contributed by atoms with Crippen molar-refractivity contribution in [2.24, 2.45) is 5.73 Å². The molecule has 0 aromatic heterocycles. The molecule has 0 saturated heterocycles. The summed E-state index contributed by atoms with van der Waals surface area (Å²) in [6, 6.07) is 5.28. The van der Waals surface area contributed by atoms with Gasteiger partial charge in [0.1, 0.15) is 5.82 Å². The third kappa shape index (κ3) is 2.26. The van der Waals surface area contributed by atoms with E-state index in [2.05, 4.69) is 6.08 Å². The molecular formula is C13H16FN. The fourth-order valence-corrected chi connectivity index (χ4v) is 2.09. The summed E-state index contributed by atoms with van der Waals surface area (Å²) < 4.78 is 12.9. The van der Waals surface area contributed by atoms with Crippen LogP contribution in [0.3, 0.4) is 0 Å². The number of aryl methyl sites for hydroxylation is 1. The van der Waals surface area contributed by atoms with Gasteiger partial charge >= 0.3 is 0 Å². The number of allylic oxidation sites excluding steroid dienone is 1. The summed E-state index contributed by atoms with van der Waals surface area (Å²) in [4.78, 5) is 0. The molecule has 80 valence electrons. The average Bonchev–Trinajstić information content (AvgIpc) is 2.20. The molecule has 1 aliphatic carbocycles. The predicted octanol–water partition coefficient (Wildman–Crippen LogP) is 3.03. The molecule has 0 fully saturated rings. The molecule has 2 N–H and O–H groups in total. The predicted molar refractivity (Wildman–Crippen MR) is 60.9 cm³/mol. The molecule has 0 spiro atoms. The molecule has 0 saturated carbocycles. The second-order valence-corrected chi connectivity index (χ2v) is 4.22. The van der Waals surface area contributed by atoms with Crippen LogP contribution in [-0.4, -0.2) is 6.04 Å². The molecule has 1 aliphatic rings. The van der Waals surface area contributed by atoms with Crippen LogP contribution < -0.4 is 5.73 Å². The van der Waals surface area contributed by atoms with Gasteiger partial charge in [-0.25, -0.2) is 4.39 Å². The van der Waals surface area contributed by atoms with E-state index in [1.807, 2.05) is 13.0 Å². The van der Waals surface area contributed by atoms with E-state index >= 15 is 0 Å². The average molecular weight is 205 g/mol. The molecule has 0 aliphatic heterocycles. The first-order valence-electron chi connectivity index (χ1n) is 5.38. The van der Waals surface area contributed by atoms with Crippen LogP contribution in [0.5, 0.6) is 0 Å². The Hall–Kier alpha value is -1.15. The molecule has 0 heterocycles. The van der Waals surface area contributed by atoms with Crippen molar-refractivity contribution in [2.75, 3.05) is 0 Å². The fraction of sp³-hybridized carbons (Fsp3) is 0.385. The van der Waals surface area contributed by atoms with Gasteiger partial charge < -0.3 is 5.73 Å². The van der Waals surface area contributed by atoms with Crippen LogP contribution >= 0.6 is 0 Å². The van der Waals surface area contributed by atoms with Crippen molar-refractivity contribution in [1.82, 2.24) is 0 Å². The zero-order chi connectivity index (χ0) is 10.8. The van der Waals surface area contributed by atoms with Crippen LogP contribution in [0.15, 0.2) is 24.3 Å². The smallest absolute Gasteiger partial charge is 0.123 e. The van der Waals surface area contributed by atoms with E-state index in [1.54, 1.807) is 6.07 Å². The summed E-state index contributed by atoms with van der Waals surface area (Å²) in [7, 11) is 0. The maximum atomic E-state index is 12.9. The molecule has 1 aromatic rings. The molecule has 1 atom stereocenters. The Bertz CT molecular complexity index is 396. The summed E-state index contributed by atoms with van der Waals surface area (Å²) in [6.07, 6.45) is 5.16. The SMILES string of the molecule is Cc1cc(F)ccc1C1=CCC(N)CC1. The van der Waals surface area contributed by atoms with Crippen molar-refractivity contribution in [3.8, 4) is 0 Å². The molecule has 2 heteroatoms. The molecule has 1 nitrogen and oxygen atoms in total. The quantitative estimate of drug-likeness (QED) is 0.749. The van der Waals surface area contributed by atoms with Gasteiger partial charge in [0.05, 0.1) is 0 Å². The standard InChI is InChI=1S/C13H16FN/c1-9-8-11(14)4-7-13(9)10-2-5-12(15)6-3-10/h2,4,7-8,12H,3,5-6,15H2,1H3. The number of halogens is 1. The van der Waals surface area contributed by atoms with Crippen LogP contribution in [0.2, 0.25) is 0 Å². The van der Waals surface area contributed by atoms with Gasteiger partial charge in [-0.1, -0.05) is 12.1 Å². The lowest BCUT2D eigenvalue weighted by Gasteiger charge is -2.19.